The van der Waals surface area contributed by atoms with Crippen LogP contribution in [-0.2, 0) is 0 Å². The van der Waals surface area contributed by atoms with Crippen molar-refractivity contribution in [3.05, 3.63) is 23.8 Å². The largest absolute Gasteiger partial charge is 0.398 e. The van der Waals surface area contributed by atoms with Gasteiger partial charge in [-0.25, -0.2) is 0 Å². The van der Waals surface area contributed by atoms with Crippen LogP contribution in [0, 0.1) is 0 Å². The minimum Gasteiger partial charge on any atom is -0.398 e. The molecule has 0 radical (unpaired) electrons. The molecule has 1 aromatic rings. The minimum atomic E-state index is -0.204. The number of nitrogen functional groups attached to an aromatic ring is 1. The number of rotatable bonds is 4. The van der Waals surface area contributed by atoms with Crippen LogP contribution < -0.4 is 11.1 Å². The Bertz CT molecular complexity index is 434. The second-order valence-corrected chi connectivity index (χ2v) is 4.78. The number of benzene rings is 1. The molecule has 4 nitrogen and oxygen atoms in total. The molecule has 0 unspecified atom stereocenters. The molecule has 17 heavy (non-hydrogen) atoms. The zero-order valence-electron chi connectivity index (χ0n) is 9.99. The number of aliphatic hydroxyl groups is 1. The Morgan fingerprint density at radius 1 is 1.53 bits per heavy atom. The monoisotopic (exact) mass is 234 g/mol. The zero-order valence-corrected chi connectivity index (χ0v) is 9.99. The second kappa shape index (κ2) is 4.37. The van der Waals surface area contributed by atoms with Gasteiger partial charge < -0.3 is 16.2 Å². The molecule has 4 N–H and O–H groups in total. The maximum Gasteiger partial charge on any atom is 0.161 e. The highest BCUT2D eigenvalue weighted by atomic mass is 16.3. The van der Waals surface area contributed by atoms with E-state index in [1.165, 1.54) is 6.92 Å². The van der Waals surface area contributed by atoms with Gasteiger partial charge in [-0.1, -0.05) is 0 Å². The van der Waals surface area contributed by atoms with Crippen LogP contribution in [0.3, 0.4) is 0 Å². The maximum absolute atomic E-state index is 11.4. The molecule has 1 aromatic carbocycles. The summed E-state index contributed by atoms with van der Waals surface area (Å²) in [6.07, 6.45) is 3.05. The number of hydrogen-bond acceptors (Lipinski definition) is 4. The molecule has 0 aliphatic heterocycles. The van der Waals surface area contributed by atoms with Crippen LogP contribution in [0.5, 0.6) is 0 Å². The van der Waals surface area contributed by atoms with Crippen molar-refractivity contribution in [2.24, 2.45) is 0 Å². The minimum absolute atomic E-state index is 0.0437. The first-order valence-electron chi connectivity index (χ1n) is 5.86. The molecule has 4 heteroatoms. The first-order chi connectivity index (χ1) is 8.06. The zero-order chi connectivity index (χ0) is 12.5. The summed E-state index contributed by atoms with van der Waals surface area (Å²) >= 11 is 0. The van der Waals surface area contributed by atoms with E-state index in [0.717, 1.165) is 24.9 Å². The molecule has 2 rings (SSSR count). The van der Waals surface area contributed by atoms with E-state index >= 15 is 0 Å². The molecule has 1 aliphatic rings. The van der Waals surface area contributed by atoms with E-state index in [1.807, 2.05) is 6.07 Å². The first-order valence-corrected chi connectivity index (χ1v) is 5.86. The van der Waals surface area contributed by atoms with Gasteiger partial charge in [0.2, 0.25) is 0 Å². The molecule has 92 valence electrons. The number of anilines is 2. The first kappa shape index (κ1) is 11.9. The molecule has 1 aliphatic carbocycles. The van der Waals surface area contributed by atoms with E-state index in [-0.39, 0.29) is 17.9 Å². The Balaban J connectivity index is 2.22. The number of aliphatic hydroxyl groups excluding tert-OH is 1. The SMILES string of the molecule is CC(=O)c1cc(NC2(CO)CCC2)ccc1N. The lowest BCUT2D eigenvalue weighted by atomic mass is 9.77. The van der Waals surface area contributed by atoms with Gasteiger partial charge in [0.15, 0.2) is 5.78 Å². The Morgan fingerprint density at radius 3 is 2.71 bits per heavy atom. The Morgan fingerprint density at radius 2 is 2.24 bits per heavy atom. The van der Waals surface area contributed by atoms with E-state index in [2.05, 4.69) is 5.32 Å². The highest BCUT2D eigenvalue weighted by Crippen LogP contribution is 2.35. The number of hydrogen-bond donors (Lipinski definition) is 3. The lowest BCUT2D eigenvalue weighted by Gasteiger charge is -2.42. The number of nitrogens with two attached hydrogens (primary N) is 1. The molecular weight excluding hydrogens is 216 g/mol. The van der Waals surface area contributed by atoms with Gasteiger partial charge in [-0.05, 0) is 44.4 Å². The summed E-state index contributed by atoms with van der Waals surface area (Å²) in [6.45, 7) is 1.62. The standard InChI is InChI=1S/C13H18N2O2/c1-9(17)11-7-10(3-4-12(11)14)15-13(8-16)5-2-6-13/h3-4,7,15-16H,2,5-6,8,14H2,1H3. The van der Waals surface area contributed by atoms with Crippen molar-refractivity contribution in [1.29, 1.82) is 0 Å². The van der Waals surface area contributed by atoms with Gasteiger partial charge in [0, 0.05) is 16.9 Å². The summed E-state index contributed by atoms with van der Waals surface area (Å²) in [7, 11) is 0. The van der Waals surface area contributed by atoms with Gasteiger partial charge in [0.25, 0.3) is 0 Å². The van der Waals surface area contributed by atoms with Crippen LogP contribution >= 0.6 is 0 Å². The number of carbonyl (C=O) groups is 1. The summed E-state index contributed by atoms with van der Waals surface area (Å²) in [5.41, 5.74) is 7.40. The van der Waals surface area contributed by atoms with Crippen molar-refractivity contribution in [3.63, 3.8) is 0 Å². The normalized spacial score (nSPS) is 17.3. The quantitative estimate of drug-likeness (QED) is 0.548. The second-order valence-electron chi connectivity index (χ2n) is 4.78. The van der Waals surface area contributed by atoms with E-state index < -0.39 is 0 Å². The molecule has 0 saturated heterocycles. The highest BCUT2D eigenvalue weighted by Gasteiger charge is 2.36. The summed E-state index contributed by atoms with van der Waals surface area (Å²) in [5, 5.41) is 12.7. The smallest absolute Gasteiger partial charge is 0.161 e. The van der Waals surface area contributed by atoms with Crippen LogP contribution in [0.2, 0.25) is 0 Å². The van der Waals surface area contributed by atoms with Gasteiger partial charge in [0.1, 0.15) is 0 Å². The predicted molar refractivity (Wildman–Crippen MR) is 68.1 cm³/mol. The summed E-state index contributed by atoms with van der Waals surface area (Å²) < 4.78 is 0. The summed E-state index contributed by atoms with van der Waals surface area (Å²) in [5.74, 6) is -0.0437. The van der Waals surface area contributed by atoms with Crippen molar-refractivity contribution in [1.82, 2.24) is 0 Å². The number of carbonyl (C=O) groups excluding carboxylic acids is 1. The average molecular weight is 234 g/mol. The van der Waals surface area contributed by atoms with E-state index in [9.17, 15) is 9.90 Å². The Kier molecular flexibility index (Phi) is 3.07. The fourth-order valence-electron chi connectivity index (χ4n) is 2.17. The average Bonchev–Trinajstić information content (AvgIpc) is 2.25. The lowest BCUT2D eigenvalue weighted by Crippen LogP contribution is -2.48. The number of Topliss-reactive ketones (excluding diaryl/α,β-unsaturated/α-hetero) is 1. The molecule has 0 amide bonds. The van der Waals surface area contributed by atoms with Crippen molar-refractivity contribution in [2.45, 2.75) is 31.7 Å². The Labute approximate surface area is 101 Å². The van der Waals surface area contributed by atoms with Crippen LogP contribution in [0.4, 0.5) is 11.4 Å². The molecule has 0 atom stereocenters. The van der Waals surface area contributed by atoms with E-state index in [0.29, 0.717) is 11.3 Å². The van der Waals surface area contributed by atoms with Crippen LogP contribution in [0.15, 0.2) is 18.2 Å². The summed E-state index contributed by atoms with van der Waals surface area (Å²) in [6, 6.07) is 5.33. The predicted octanol–water partition coefficient (Wildman–Crippen LogP) is 1.80. The van der Waals surface area contributed by atoms with Crippen molar-refractivity contribution < 1.29 is 9.90 Å². The van der Waals surface area contributed by atoms with Gasteiger partial charge in [-0.2, -0.15) is 0 Å². The highest BCUT2D eigenvalue weighted by molar-refractivity contribution is 6.00. The maximum atomic E-state index is 11.4. The van der Waals surface area contributed by atoms with Crippen LogP contribution in [0.25, 0.3) is 0 Å². The van der Waals surface area contributed by atoms with Crippen LogP contribution in [-0.4, -0.2) is 23.0 Å². The number of ketones is 1. The van der Waals surface area contributed by atoms with E-state index in [1.54, 1.807) is 12.1 Å². The Hall–Kier alpha value is -1.55. The molecule has 1 fully saturated rings. The molecule has 1 saturated carbocycles. The van der Waals surface area contributed by atoms with Gasteiger partial charge in [0.05, 0.1) is 12.1 Å². The summed E-state index contributed by atoms with van der Waals surface area (Å²) in [4.78, 5) is 11.4. The third-order valence-corrected chi connectivity index (χ3v) is 3.46. The lowest BCUT2D eigenvalue weighted by molar-refractivity contribution is 0.101. The van der Waals surface area contributed by atoms with Gasteiger partial charge >= 0.3 is 0 Å². The van der Waals surface area contributed by atoms with Gasteiger partial charge in [-0.3, -0.25) is 4.79 Å². The molecule has 0 heterocycles. The van der Waals surface area contributed by atoms with Gasteiger partial charge in [-0.15, -0.1) is 0 Å². The van der Waals surface area contributed by atoms with Crippen LogP contribution in [0.1, 0.15) is 36.5 Å². The molecule has 0 bridgehead atoms. The van der Waals surface area contributed by atoms with Crippen molar-refractivity contribution in [2.75, 3.05) is 17.7 Å². The van der Waals surface area contributed by atoms with Crippen molar-refractivity contribution in [3.8, 4) is 0 Å². The van der Waals surface area contributed by atoms with E-state index in [4.69, 9.17) is 5.73 Å². The molecule has 0 aromatic heterocycles. The third kappa shape index (κ3) is 2.26. The number of nitrogens with one attached hydrogen (secondary N) is 1. The fourth-order valence-corrected chi connectivity index (χ4v) is 2.17. The van der Waals surface area contributed by atoms with Crippen molar-refractivity contribution >= 4 is 17.2 Å². The fraction of sp³-hybridized carbons (Fsp3) is 0.462. The third-order valence-electron chi connectivity index (χ3n) is 3.46. The molecular formula is C13H18N2O2. The topological polar surface area (TPSA) is 75.3 Å². The molecule has 0 spiro atoms.